The molecule has 0 unspecified atom stereocenters. The molecule has 140 valence electrons. The highest BCUT2D eigenvalue weighted by Gasteiger charge is 2.12. The second-order valence-electron chi connectivity index (χ2n) is 6.41. The number of carbonyl (C=O) groups is 1. The average molecular weight is 372 g/mol. The Morgan fingerprint density at radius 2 is 1.61 bits per heavy atom. The molecule has 0 bridgehead atoms. The molecule has 0 aromatic heterocycles. The van der Waals surface area contributed by atoms with Gasteiger partial charge in [-0.3, -0.25) is 0 Å². The molecule has 0 radical (unpaired) electrons. The molecule has 3 aromatic carbocycles. The van der Waals surface area contributed by atoms with E-state index in [-0.39, 0.29) is 17.9 Å². The van der Waals surface area contributed by atoms with Gasteiger partial charge in [0.05, 0.1) is 17.2 Å². The van der Waals surface area contributed by atoms with Crippen molar-refractivity contribution in [1.82, 2.24) is 0 Å². The summed E-state index contributed by atoms with van der Waals surface area (Å²) >= 11 is 0. The lowest BCUT2D eigenvalue weighted by atomic mass is 10.1. The molecule has 0 atom stereocenters. The number of nitriles is 1. The molecule has 0 amide bonds. The molecule has 0 spiro atoms. The van der Waals surface area contributed by atoms with Crippen LogP contribution >= 0.6 is 0 Å². The fourth-order valence-corrected chi connectivity index (χ4v) is 2.56. The molecule has 0 saturated heterocycles. The molecular weight excluding hydrogens is 352 g/mol. The Balaban J connectivity index is 1.55. The topological polar surface area (TPSA) is 85.3 Å². The summed E-state index contributed by atoms with van der Waals surface area (Å²) in [6.45, 7) is 2.64. The highest BCUT2D eigenvalue weighted by Crippen LogP contribution is 2.18. The van der Waals surface area contributed by atoms with Crippen LogP contribution < -0.4 is 10.5 Å². The summed E-state index contributed by atoms with van der Waals surface area (Å²) in [5.41, 5.74) is 9.76. The largest absolute Gasteiger partial charge is 0.489 e. The SMILES string of the molecule is Cc1ccc(COc2ccc(COC(=O)c3cc(C#N)ccc3N)cc2)cc1. The molecule has 0 fully saturated rings. The number of nitrogen functional groups attached to an aromatic ring is 1. The quantitative estimate of drug-likeness (QED) is 0.512. The van der Waals surface area contributed by atoms with E-state index in [0.717, 1.165) is 16.9 Å². The van der Waals surface area contributed by atoms with E-state index >= 15 is 0 Å². The molecule has 2 N–H and O–H groups in total. The Morgan fingerprint density at radius 1 is 0.964 bits per heavy atom. The second kappa shape index (κ2) is 8.74. The van der Waals surface area contributed by atoms with Crippen molar-refractivity contribution in [2.45, 2.75) is 20.1 Å². The van der Waals surface area contributed by atoms with Crippen molar-refractivity contribution in [3.05, 3.63) is 94.5 Å². The maximum atomic E-state index is 12.2. The van der Waals surface area contributed by atoms with Gasteiger partial charge in [-0.25, -0.2) is 4.79 Å². The molecule has 3 aromatic rings. The van der Waals surface area contributed by atoms with Crippen LogP contribution in [0.5, 0.6) is 5.75 Å². The zero-order valence-electron chi connectivity index (χ0n) is 15.5. The van der Waals surface area contributed by atoms with Gasteiger partial charge < -0.3 is 15.2 Å². The standard InChI is InChI=1S/C23H20N2O3/c1-16-2-4-17(5-3-16)14-27-20-9-6-18(7-10-20)15-28-23(26)21-12-19(13-24)8-11-22(21)25/h2-12H,14-15,25H2,1H3. The van der Waals surface area contributed by atoms with Crippen LogP contribution in [0.25, 0.3) is 0 Å². The first-order chi connectivity index (χ1) is 13.5. The summed E-state index contributed by atoms with van der Waals surface area (Å²) in [5.74, 6) is 0.177. The minimum Gasteiger partial charge on any atom is -0.489 e. The van der Waals surface area contributed by atoms with Crippen LogP contribution in [-0.4, -0.2) is 5.97 Å². The van der Waals surface area contributed by atoms with Crippen molar-refractivity contribution in [1.29, 1.82) is 5.26 Å². The van der Waals surface area contributed by atoms with E-state index in [1.165, 1.54) is 17.7 Å². The number of carbonyl (C=O) groups excluding carboxylic acids is 1. The number of rotatable bonds is 6. The third-order valence-electron chi connectivity index (χ3n) is 4.22. The molecule has 3 rings (SSSR count). The molecule has 0 aliphatic rings. The van der Waals surface area contributed by atoms with E-state index < -0.39 is 5.97 Å². The molecule has 0 aliphatic carbocycles. The van der Waals surface area contributed by atoms with Crippen LogP contribution in [0, 0.1) is 18.3 Å². The molecule has 28 heavy (non-hydrogen) atoms. The number of nitrogens with two attached hydrogens (primary N) is 1. The number of hydrogen-bond acceptors (Lipinski definition) is 5. The highest BCUT2D eigenvalue weighted by atomic mass is 16.5. The Morgan fingerprint density at radius 3 is 2.29 bits per heavy atom. The van der Waals surface area contributed by atoms with Crippen molar-refractivity contribution in [3.8, 4) is 11.8 Å². The molecule has 5 nitrogen and oxygen atoms in total. The first-order valence-corrected chi connectivity index (χ1v) is 8.79. The molecular formula is C23H20N2O3. The van der Waals surface area contributed by atoms with Crippen molar-refractivity contribution in [3.63, 3.8) is 0 Å². The van der Waals surface area contributed by atoms with E-state index in [1.54, 1.807) is 6.07 Å². The minimum absolute atomic E-state index is 0.104. The molecule has 0 heterocycles. The number of hydrogen-bond donors (Lipinski definition) is 1. The molecule has 0 aliphatic heterocycles. The van der Waals surface area contributed by atoms with Gasteiger partial charge >= 0.3 is 5.97 Å². The van der Waals surface area contributed by atoms with Crippen LogP contribution in [0.2, 0.25) is 0 Å². The van der Waals surface area contributed by atoms with Gasteiger partial charge in [-0.15, -0.1) is 0 Å². The minimum atomic E-state index is -0.561. The van der Waals surface area contributed by atoms with Gasteiger partial charge in [0.1, 0.15) is 19.0 Å². The molecule has 0 saturated carbocycles. The fourth-order valence-electron chi connectivity index (χ4n) is 2.56. The normalized spacial score (nSPS) is 10.1. The number of anilines is 1. The van der Waals surface area contributed by atoms with E-state index in [2.05, 4.69) is 12.1 Å². The van der Waals surface area contributed by atoms with Crippen LogP contribution in [-0.2, 0) is 18.0 Å². The van der Waals surface area contributed by atoms with Crippen LogP contribution in [0.3, 0.4) is 0 Å². The Hall–Kier alpha value is -3.78. The Labute approximate surface area is 163 Å². The maximum absolute atomic E-state index is 12.2. The van der Waals surface area contributed by atoms with E-state index in [9.17, 15) is 4.79 Å². The highest BCUT2D eigenvalue weighted by molar-refractivity contribution is 5.95. The van der Waals surface area contributed by atoms with Gasteiger partial charge in [0.2, 0.25) is 0 Å². The first-order valence-electron chi connectivity index (χ1n) is 8.79. The zero-order valence-corrected chi connectivity index (χ0v) is 15.5. The van der Waals surface area contributed by atoms with Gasteiger partial charge in [-0.1, -0.05) is 42.0 Å². The third kappa shape index (κ3) is 4.89. The zero-order chi connectivity index (χ0) is 19.9. The van der Waals surface area contributed by atoms with Crippen molar-refractivity contribution >= 4 is 11.7 Å². The fraction of sp³-hybridized carbons (Fsp3) is 0.130. The van der Waals surface area contributed by atoms with Crippen LogP contribution in [0.4, 0.5) is 5.69 Å². The summed E-state index contributed by atoms with van der Waals surface area (Å²) < 4.78 is 11.1. The van der Waals surface area contributed by atoms with E-state index in [4.69, 9.17) is 20.5 Å². The number of benzene rings is 3. The summed E-state index contributed by atoms with van der Waals surface area (Å²) in [7, 11) is 0. The summed E-state index contributed by atoms with van der Waals surface area (Å²) in [4.78, 5) is 12.2. The number of nitrogens with zero attached hydrogens (tertiary/aromatic N) is 1. The second-order valence-corrected chi connectivity index (χ2v) is 6.41. The predicted molar refractivity (Wildman–Crippen MR) is 107 cm³/mol. The van der Waals surface area contributed by atoms with Crippen molar-refractivity contribution in [2.75, 3.05) is 5.73 Å². The third-order valence-corrected chi connectivity index (χ3v) is 4.22. The monoisotopic (exact) mass is 372 g/mol. The van der Waals surface area contributed by atoms with Gasteiger partial charge in [0, 0.05) is 5.69 Å². The van der Waals surface area contributed by atoms with E-state index in [0.29, 0.717) is 12.2 Å². The smallest absolute Gasteiger partial charge is 0.340 e. The Bertz CT molecular complexity index is 1000. The Kier molecular flexibility index (Phi) is 5.93. The maximum Gasteiger partial charge on any atom is 0.340 e. The summed E-state index contributed by atoms with van der Waals surface area (Å²) in [6, 6.07) is 22.0. The van der Waals surface area contributed by atoms with Crippen molar-refractivity contribution < 1.29 is 14.3 Å². The van der Waals surface area contributed by atoms with Crippen LogP contribution in [0.15, 0.2) is 66.7 Å². The lowest BCUT2D eigenvalue weighted by Crippen LogP contribution is -2.08. The van der Waals surface area contributed by atoms with Gasteiger partial charge in [-0.2, -0.15) is 5.26 Å². The lowest BCUT2D eigenvalue weighted by molar-refractivity contribution is 0.0474. The molecule has 5 heteroatoms. The van der Waals surface area contributed by atoms with Gasteiger partial charge in [-0.05, 0) is 48.4 Å². The number of ether oxygens (including phenoxy) is 2. The van der Waals surface area contributed by atoms with Gasteiger partial charge in [0.15, 0.2) is 0 Å². The van der Waals surface area contributed by atoms with Crippen molar-refractivity contribution in [2.24, 2.45) is 0 Å². The van der Waals surface area contributed by atoms with Crippen LogP contribution in [0.1, 0.15) is 32.6 Å². The first kappa shape index (κ1) is 19.0. The lowest BCUT2D eigenvalue weighted by Gasteiger charge is -2.09. The summed E-state index contributed by atoms with van der Waals surface area (Å²) in [6.07, 6.45) is 0. The number of esters is 1. The predicted octanol–water partition coefficient (Wildman–Crippen LogP) is 4.38. The van der Waals surface area contributed by atoms with Gasteiger partial charge in [0.25, 0.3) is 0 Å². The van der Waals surface area contributed by atoms with E-state index in [1.807, 2.05) is 49.4 Å². The summed E-state index contributed by atoms with van der Waals surface area (Å²) in [5, 5.41) is 8.94. The average Bonchev–Trinajstić information content (AvgIpc) is 2.72. The number of aryl methyl sites for hydroxylation is 1.